The Bertz CT molecular complexity index is 1670. The van der Waals surface area contributed by atoms with Crippen molar-refractivity contribution in [1.82, 2.24) is 29.5 Å². The monoisotopic (exact) mass is 536 g/mol. The summed E-state index contributed by atoms with van der Waals surface area (Å²) in [5.74, 6) is 1.22. The third kappa shape index (κ3) is 4.94. The van der Waals surface area contributed by atoms with Gasteiger partial charge in [-0.2, -0.15) is 0 Å². The van der Waals surface area contributed by atoms with Crippen LogP contribution >= 0.6 is 0 Å². The van der Waals surface area contributed by atoms with Gasteiger partial charge in [0, 0.05) is 18.5 Å². The lowest BCUT2D eigenvalue weighted by atomic mass is 10.1. The second-order valence-corrected chi connectivity index (χ2v) is 10.8. The van der Waals surface area contributed by atoms with E-state index in [1.54, 1.807) is 30.0 Å². The number of sulfonamides is 1. The maximum absolute atomic E-state index is 13.6. The van der Waals surface area contributed by atoms with Crippen LogP contribution in [0.15, 0.2) is 46.5 Å². The van der Waals surface area contributed by atoms with Crippen LogP contribution < -0.4 is 20.8 Å². The Morgan fingerprint density at radius 2 is 1.89 bits per heavy atom. The Kier molecular flexibility index (Phi) is 6.80. The van der Waals surface area contributed by atoms with Gasteiger partial charge in [0.25, 0.3) is 5.56 Å². The van der Waals surface area contributed by atoms with E-state index in [1.165, 1.54) is 18.5 Å². The molecule has 0 amide bonds. The zero-order valence-electron chi connectivity index (χ0n) is 21.2. The number of primary sulfonamides is 1. The molecule has 1 atom stereocenters. The van der Waals surface area contributed by atoms with Crippen molar-refractivity contribution in [1.29, 1.82) is 0 Å². The molecule has 3 aromatic heterocycles. The van der Waals surface area contributed by atoms with Crippen LogP contribution in [0.5, 0.6) is 5.88 Å². The van der Waals surface area contributed by atoms with Crippen LogP contribution in [0, 0.1) is 0 Å². The van der Waals surface area contributed by atoms with Crippen molar-refractivity contribution in [2.45, 2.75) is 56.5 Å². The molecule has 0 spiro atoms. The summed E-state index contributed by atoms with van der Waals surface area (Å²) in [6, 6.07) is 5.93. The number of hydrogen-bond donors (Lipinski definition) is 2. The zero-order chi connectivity index (χ0) is 27.0. The fraction of sp³-hybridized carbons (Fsp3) is 0.360. The lowest BCUT2D eigenvalue weighted by molar-refractivity contribution is 0.397. The van der Waals surface area contributed by atoms with E-state index in [1.807, 2.05) is 13.8 Å². The Morgan fingerprint density at radius 3 is 2.53 bits per heavy atom. The predicted octanol–water partition coefficient (Wildman–Crippen LogP) is 2.76. The van der Waals surface area contributed by atoms with Gasteiger partial charge < -0.3 is 10.1 Å². The molecule has 12 nitrogen and oxygen atoms in total. The molecule has 0 bridgehead atoms. The zero-order valence-corrected chi connectivity index (χ0v) is 22.1. The van der Waals surface area contributed by atoms with E-state index in [-0.39, 0.29) is 28.9 Å². The van der Waals surface area contributed by atoms with Gasteiger partial charge >= 0.3 is 0 Å². The number of methoxy groups -OCH3 is 1. The van der Waals surface area contributed by atoms with Crippen molar-refractivity contribution in [3.63, 3.8) is 0 Å². The van der Waals surface area contributed by atoms with E-state index in [0.29, 0.717) is 40.8 Å². The molecule has 1 fully saturated rings. The Morgan fingerprint density at radius 1 is 1.16 bits per heavy atom. The highest BCUT2D eigenvalue weighted by Gasteiger charge is 2.31. The number of fused-ring (bicyclic) bond motifs is 1. The molecular weight excluding hydrogens is 508 g/mol. The van der Waals surface area contributed by atoms with Crippen molar-refractivity contribution in [2.75, 3.05) is 12.4 Å². The van der Waals surface area contributed by atoms with Gasteiger partial charge in [0.2, 0.25) is 15.9 Å². The quantitative estimate of drug-likeness (QED) is 0.324. The van der Waals surface area contributed by atoms with Crippen LogP contribution in [0.2, 0.25) is 0 Å². The molecule has 3 N–H and O–H groups in total. The van der Waals surface area contributed by atoms with Gasteiger partial charge in [0.15, 0.2) is 17.3 Å². The standard InChI is InChI=1S/C25H28N8O4S/c1-4-14(2)33-23-18(12-28-21(32-23)19-20(16-7-8-16)29-13-30-24(19)37-3)31-22(25(33)34)27-11-15-5-9-17(10-6-15)38(26,35)36/h5-6,9-10,12-14,16H,4,7-8,11H2,1-3H3,(H,27,31)(H2,26,35,36). The summed E-state index contributed by atoms with van der Waals surface area (Å²) in [5.41, 5.74) is 2.76. The summed E-state index contributed by atoms with van der Waals surface area (Å²) in [7, 11) is -2.24. The number of anilines is 1. The van der Waals surface area contributed by atoms with Crippen LogP contribution in [0.3, 0.4) is 0 Å². The van der Waals surface area contributed by atoms with Gasteiger partial charge in [-0.05, 0) is 43.9 Å². The molecule has 0 radical (unpaired) electrons. The van der Waals surface area contributed by atoms with E-state index in [4.69, 9.17) is 14.9 Å². The highest BCUT2D eigenvalue weighted by Crippen LogP contribution is 2.44. The largest absolute Gasteiger partial charge is 0.480 e. The molecule has 1 aliphatic carbocycles. The highest BCUT2D eigenvalue weighted by atomic mass is 32.2. The molecule has 38 heavy (non-hydrogen) atoms. The molecule has 1 aliphatic rings. The third-order valence-electron chi connectivity index (χ3n) is 6.60. The number of rotatable bonds is 9. The molecule has 198 valence electrons. The van der Waals surface area contributed by atoms with Crippen LogP contribution in [0.4, 0.5) is 5.82 Å². The van der Waals surface area contributed by atoms with E-state index in [9.17, 15) is 13.2 Å². The van der Waals surface area contributed by atoms with E-state index >= 15 is 0 Å². The summed E-state index contributed by atoms with van der Waals surface area (Å²) in [4.78, 5) is 36.2. The maximum Gasteiger partial charge on any atom is 0.295 e. The lowest BCUT2D eigenvalue weighted by Gasteiger charge is -2.18. The number of nitrogens with two attached hydrogens (primary N) is 1. The molecule has 5 rings (SSSR count). The smallest absolute Gasteiger partial charge is 0.295 e. The minimum atomic E-state index is -3.78. The average Bonchev–Trinajstić information content (AvgIpc) is 3.76. The Hall–Kier alpha value is -3.97. The molecule has 13 heteroatoms. The topological polar surface area (TPSA) is 168 Å². The van der Waals surface area contributed by atoms with E-state index in [0.717, 1.165) is 24.1 Å². The maximum atomic E-state index is 13.6. The second-order valence-electron chi connectivity index (χ2n) is 9.26. The molecule has 3 heterocycles. The normalized spacial score (nSPS) is 14.4. The van der Waals surface area contributed by atoms with Gasteiger partial charge in [-0.15, -0.1) is 0 Å². The van der Waals surface area contributed by atoms with E-state index in [2.05, 4.69) is 25.3 Å². The van der Waals surface area contributed by atoms with Gasteiger partial charge in [0.05, 0.1) is 23.9 Å². The number of nitrogens with one attached hydrogen (secondary N) is 1. The van der Waals surface area contributed by atoms with Gasteiger partial charge in [-0.3, -0.25) is 9.36 Å². The number of ether oxygens (including phenoxy) is 1. The summed E-state index contributed by atoms with van der Waals surface area (Å²) in [5, 5.41) is 8.24. The minimum Gasteiger partial charge on any atom is -0.480 e. The van der Waals surface area contributed by atoms with Gasteiger partial charge in [-0.1, -0.05) is 19.1 Å². The number of aromatic nitrogens is 6. The fourth-order valence-electron chi connectivity index (χ4n) is 4.22. The molecule has 4 aromatic rings. The summed E-state index contributed by atoms with van der Waals surface area (Å²) in [6.07, 6.45) is 5.82. The Balaban J connectivity index is 1.56. The molecule has 0 saturated heterocycles. The van der Waals surface area contributed by atoms with Crippen LogP contribution in [-0.4, -0.2) is 45.0 Å². The molecule has 1 aromatic carbocycles. The first-order valence-electron chi connectivity index (χ1n) is 12.2. The lowest BCUT2D eigenvalue weighted by Crippen LogP contribution is -2.28. The minimum absolute atomic E-state index is 0.0162. The average molecular weight is 537 g/mol. The molecule has 1 unspecified atom stereocenters. The second kappa shape index (κ2) is 10.1. The molecule has 0 aliphatic heterocycles. The predicted molar refractivity (Wildman–Crippen MR) is 141 cm³/mol. The van der Waals surface area contributed by atoms with Crippen molar-refractivity contribution >= 4 is 27.0 Å². The van der Waals surface area contributed by atoms with Crippen molar-refractivity contribution in [3.8, 4) is 17.3 Å². The number of nitrogens with zero attached hydrogens (tertiary/aromatic N) is 6. The number of hydrogen-bond acceptors (Lipinski definition) is 10. The first kappa shape index (κ1) is 25.7. The van der Waals surface area contributed by atoms with Crippen LogP contribution in [0.25, 0.3) is 22.6 Å². The van der Waals surface area contributed by atoms with Crippen LogP contribution in [-0.2, 0) is 16.6 Å². The highest BCUT2D eigenvalue weighted by molar-refractivity contribution is 7.89. The summed E-state index contributed by atoms with van der Waals surface area (Å²) in [6.45, 7) is 4.19. The van der Waals surface area contributed by atoms with Gasteiger partial charge in [0.1, 0.15) is 17.4 Å². The summed E-state index contributed by atoms with van der Waals surface area (Å²) >= 11 is 0. The Labute approximate surface area is 219 Å². The van der Waals surface area contributed by atoms with Crippen LogP contribution in [0.1, 0.15) is 56.3 Å². The SMILES string of the molecule is CCC(C)n1c(=O)c(NCc2ccc(S(N)(=O)=O)cc2)nc2cnc(-c3c(OC)ncnc3C3CC3)nc21. The first-order chi connectivity index (χ1) is 18.2. The first-order valence-corrected chi connectivity index (χ1v) is 13.8. The fourth-order valence-corrected chi connectivity index (χ4v) is 4.74. The molecular formula is C25H28N8O4S. The van der Waals surface area contributed by atoms with E-state index < -0.39 is 10.0 Å². The van der Waals surface area contributed by atoms with Crippen molar-refractivity contribution in [2.24, 2.45) is 5.14 Å². The molecule has 1 saturated carbocycles. The van der Waals surface area contributed by atoms with Gasteiger partial charge in [-0.25, -0.2) is 38.5 Å². The van der Waals surface area contributed by atoms with Crippen molar-refractivity contribution < 1.29 is 13.2 Å². The third-order valence-corrected chi connectivity index (χ3v) is 7.53. The van der Waals surface area contributed by atoms with Crippen molar-refractivity contribution in [3.05, 3.63) is 58.4 Å². The number of benzene rings is 1. The summed E-state index contributed by atoms with van der Waals surface area (Å²) < 4.78 is 30.1.